The molecule has 4 nitrogen and oxygen atoms in total. The van der Waals surface area contributed by atoms with Gasteiger partial charge in [0.05, 0.1) is 0 Å². The minimum absolute atomic E-state index is 0.152. The lowest BCUT2D eigenvalue weighted by Gasteiger charge is -2.20. The maximum atomic E-state index is 11.9. The first-order chi connectivity index (χ1) is 7.81. The maximum Gasteiger partial charge on any atom is 0.251 e. The standard InChI is InChI=1S/C12H18ClN3O/c1-5-14-10-7-8(6-9(13)15-10)11(17)16-12(2,3)4/h6-7H,5H2,1-4H3,(H,14,15)(H,16,17). The Morgan fingerprint density at radius 3 is 2.59 bits per heavy atom. The molecule has 0 fully saturated rings. The average molecular weight is 256 g/mol. The highest BCUT2D eigenvalue weighted by Crippen LogP contribution is 2.15. The number of amides is 1. The molecule has 0 aliphatic carbocycles. The zero-order valence-electron chi connectivity index (χ0n) is 10.6. The Hall–Kier alpha value is -1.29. The molecule has 5 heteroatoms. The smallest absolute Gasteiger partial charge is 0.251 e. The van der Waals surface area contributed by atoms with Crippen molar-refractivity contribution in [3.63, 3.8) is 0 Å². The summed E-state index contributed by atoms with van der Waals surface area (Å²) in [5.41, 5.74) is 0.237. The van der Waals surface area contributed by atoms with E-state index in [0.717, 1.165) is 6.54 Å². The molecule has 1 aromatic rings. The summed E-state index contributed by atoms with van der Waals surface area (Å²) in [5.74, 6) is 0.458. The van der Waals surface area contributed by atoms with Crippen LogP contribution in [0.5, 0.6) is 0 Å². The van der Waals surface area contributed by atoms with Gasteiger partial charge < -0.3 is 10.6 Å². The first-order valence-corrected chi connectivity index (χ1v) is 5.93. The largest absolute Gasteiger partial charge is 0.370 e. The molecule has 1 amide bonds. The molecule has 1 rings (SSSR count). The van der Waals surface area contributed by atoms with Gasteiger partial charge in [-0.3, -0.25) is 4.79 Å². The molecule has 17 heavy (non-hydrogen) atoms. The normalized spacial score (nSPS) is 11.1. The Labute approximate surface area is 107 Å². The van der Waals surface area contributed by atoms with Gasteiger partial charge in [0.1, 0.15) is 11.0 Å². The lowest BCUT2D eigenvalue weighted by Crippen LogP contribution is -2.40. The highest BCUT2D eigenvalue weighted by atomic mass is 35.5. The van der Waals surface area contributed by atoms with Crippen LogP contribution >= 0.6 is 11.6 Å². The molecule has 1 heterocycles. The van der Waals surface area contributed by atoms with E-state index in [1.807, 2.05) is 27.7 Å². The molecule has 1 aromatic heterocycles. The van der Waals surface area contributed by atoms with E-state index in [0.29, 0.717) is 16.5 Å². The van der Waals surface area contributed by atoms with Crippen molar-refractivity contribution in [1.29, 1.82) is 0 Å². The maximum absolute atomic E-state index is 11.9. The highest BCUT2D eigenvalue weighted by Gasteiger charge is 2.16. The summed E-state index contributed by atoms with van der Waals surface area (Å²) in [6.07, 6.45) is 0. The predicted molar refractivity (Wildman–Crippen MR) is 70.6 cm³/mol. The van der Waals surface area contributed by atoms with Crippen molar-refractivity contribution in [3.05, 3.63) is 22.8 Å². The van der Waals surface area contributed by atoms with Gasteiger partial charge in [-0.25, -0.2) is 4.98 Å². The van der Waals surface area contributed by atoms with Crippen LogP contribution in [0.15, 0.2) is 12.1 Å². The Bertz CT molecular complexity index is 413. The number of nitrogens with zero attached hydrogens (tertiary/aromatic N) is 1. The summed E-state index contributed by atoms with van der Waals surface area (Å²) >= 11 is 5.87. The first kappa shape index (κ1) is 13.8. The molecule has 0 aromatic carbocycles. The number of carbonyl (C=O) groups excluding carboxylic acids is 1. The molecule has 0 radical (unpaired) electrons. The number of rotatable bonds is 3. The quantitative estimate of drug-likeness (QED) is 0.817. The van der Waals surface area contributed by atoms with Gasteiger partial charge in [0.25, 0.3) is 5.91 Å². The number of nitrogens with one attached hydrogen (secondary N) is 2. The Balaban J connectivity index is 2.93. The molecule has 0 saturated heterocycles. The van der Waals surface area contributed by atoms with E-state index >= 15 is 0 Å². The lowest BCUT2D eigenvalue weighted by molar-refractivity contribution is 0.0919. The molecular weight excluding hydrogens is 238 g/mol. The summed E-state index contributed by atoms with van der Waals surface area (Å²) in [7, 11) is 0. The Morgan fingerprint density at radius 1 is 1.41 bits per heavy atom. The molecule has 0 atom stereocenters. The van der Waals surface area contributed by atoms with Crippen molar-refractivity contribution in [2.24, 2.45) is 0 Å². The van der Waals surface area contributed by atoms with E-state index < -0.39 is 0 Å². The zero-order chi connectivity index (χ0) is 13.1. The zero-order valence-corrected chi connectivity index (χ0v) is 11.4. The van der Waals surface area contributed by atoms with Crippen LogP contribution < -0.4 is 10.6 Å². The van der Waals surface area contributed by atoms with Crippen molar-refractivity contribution in [1.82, 2.24) is 10.3 Å². The van der Waals surface area contributed by atoms with Gasteiger partial charge in [-0.15, -0.1) is 0 Å². The van der Waals surface area contributed by atoms with E-state index in [1.54, 1.807) is 12.1 Å². The number of hydrogen-bond acceptors (Lipinski definition) is 3. The van der Waals surface area contributed by atoms with Crippen molar-refractivity contribution in [2.45, 2.75) is 33.2 Å². The number of carbonyl (C=O) groups is 1. The fraction of sp³-hybridized carbons (Fsp3) is 0.500. The molecule has 94 valence electrons. The number of anilines is 1. The van der Waals surface area contributed by atoms with Crippen LogP contribution in [0.3, 0.4) is 0 Å². The van der Waals surface area contributed by atoms with Crippen LogP contribution in [0.2, 0.25) is 5.15 Å². The third kappa shape index (κ3) is 4.61. The van der Waals surface area contributed by atoms with E-state index in [2.05, 4.69) is 15.6 Å². The molecule has 0 aliphatic rings. The predicted octanol–water partition coefficient (Wildman–Crippen LogP) is 2.70. The number of aromatic nitrogens is 1. The van der Waals surface area contributed by atoms with E-state index in [-0.39, 0.29) is 11.4 Å². The van der Waals surface area contributed by atoms with Crippen LogP contribution in [-0.2, 0) is 0 Å². The molecular formula is C12H18ClN3O. The van der Waals surface area contributed by atoms with Crippen molar-refractivity contribution in [3.8, 4) is 0 Å². The van der Waals surface area contributed by atoms with Gasteiger partial charge in [-0.2, -0.15) is 0 Å². The van der Waals surface area contributed by atoms with Crippen molar-refractivity contribution in [2.75, 3.05) is 11.9 Å². The molecule has 0 unspecified atom stereocenters. The second-order valence-corrected chi connectivity index (χ2v) is 5.19. The minimum Gasteiger partial charge on any atom is -0.370 e. The van der Waals surface area contributed by atoms with Crippen LogP contribution in [0.1, 0.15) is 38.1 Å². The number of pyridine rings is 1. The van der Waals surface area contributed by atoms with Crippen molar-refractivity contribution < 1.29 is 4.79 Å². The number of hydrogen-bond donors (Lipinski definition) is 2. The third-order valence-electron chi connectivity index (χ3n) is 1.90. The fourth-order valence-electron chi connectivity index (χ4n) is 1.31. The molecule has 0 saturated carbocycles. The monoisotopic (exact) mass is 255 g/mol. The molecule has 0 bridgehead atoms. The van der Waals surface area contributed by atoms with Gasteiger partial charge in [-0.1, -0.05) is 11.6 Å². The minimum atomic E-state index is -0.273. The summed E-state index contributed by atoms with van der Waals surface area (Å²) < 4.78 is 0. The van der Waals surface area contributed by atoms with Gasteiger partial charge in [0.2, 0.25) is 0 Å². The van der Waals surface area contributed by atoms with Crippen molar-refractivity contribution >= 4 is 23.3 Å². The Morgan fingerprint density at radius 2 is 2.06 bits per heavy atom. The second-order valence-electron chi connectivity index (χ2n) is 4.80. The van der Waals surface area contributed by atoms with E-state index in [9.17, 15) is 4.79 Å². The SMILES string of the molecule is CCNc1cc(C(=O)NC(C)(C)C)cc(Cl)n1. The van der Waals surface area contributed by atoms with Gasteiger partial charge in [0, 0.05) is 17.6 Å². The summed E-state index contributed by atoms with van der Waals surface area (Å²) in [6, 6.07) is 3.25. The van der Waals surface area contributed by atoms with E-state index in [4.69, 9.17) is 11.6 Å². The first-order valence-electron chi connectivity index (χ1n) is 5.56. The number of halogens is 1. The van der Waals surface area contributed by atoms with Gasteiger partial charge >= 0.3 is 0 Å². The van der Waals surface area contributed by atoms with E-state index in [1.165, 1.54) is 0 Å². The Kier molecular flexibility index (Phi) is 4.34. The highest BCUT2D eigenvalue weighted by molar-refractivity contribution is 6.29. The van der Waals surface area contributed by atoms with Crippen LogP contribution in [-0.4, -0.2) is 23.0 Å². The summed E-state index contributed by atoms with van der Waals surface area (Å²) in [5, 5.41) is 6.22. The van der Waals surface area contributed by atoms with Gasteiger partial charge in [0.15, 0.2) is 0 Å². The lowest BCUT2D eigenvalue weighted by atomic mass is 10.1. The molecule has 0 aliphatic heterocycles. The third-order valence-corrected chi connectivity index (χ3v) is 2.10. The summed E-state index contributed by atoms with van der Waals surface area (Å²) in [6.45, 7) is 8.47. The molecule has 2 N–H and O–H groups in total. The van der Waals surface area contributed by atoms with Crippen LogP contribution in [0.4, 0.5) is 5.82 Å². The van der Waals surface area contributed by atoms with Crippen LogP contribution in [0, 0.1) is 0 Å². The second kappa shape index (κ2) is 5.36. The average Bonchev–Trinajstić information content (AvgIpc) is 2.14. The molecule has 0 spiro atoms. The summed E-state index contributed by atoms with van der Waals surface area (Å²) in [4.78, 5) is 16.0. The fourth-order valence-corrected chi connectivity index (χ4v) is 1.52. The topological polar surface area (TPSA) is 54.0 Å². The van der Waals surface area contributed by atoms with Crippen LogP contribution in [0.25, 0.3) is 0 Å². The van der Waals surface area contributed by atoms with Gasteiger partial charge in [-0.05, 0) is 39.8 Å².